The Bertz CT molecular complexity index is 1220. The van der Waals surface area contributed by atoms with Gasteiger partial charge in [0.25, 0.3) is 0 Å². The molecule has 1 aliphatic heterocycles. The Kier molecular flexibility index (Phi) is 8.22. The molecule has 1 fully saturated rings. The van der Waals surface area contributed by atoms with Gasteiger partial charge in [-0.1, -0.05) is 68.4 Å². The number of benzene rings is 3. The zero-order valence-electron chi connectivity index (χ0n) is 21.9. The van der Waals surface area contributed by atoms with Gasteiger partial charge in [0.15, 0.2) is 0 Å². The molecule has 3 aromatic carbocycles. The van der Waals surface area contributed by atoms with Crippen molar-refractivity contribution in [3.63, 3.8) is 0 Å². The van der Waals surface area contributed by atoms with Crippen molar-refractivity contribution in [2.24, 2.45) is 5.92 Å². The average molecular weight is 516 g/mol. The minimum absolute atomic E-state index is 0.0466. The number of nitrogen functional groups attached to an aromatic ring is 2. The van der Waals surface area contributed by atoms with Gasteiger partial charge in [-0.25, -0.2) is 15.2 Å². The molecule has 0 aromatic heterocycles. The lowest BCUT2D eigenvalue weighted by atomic mass is 9.75. The van der Waals surface area contributed by atoms with Gasteiger partial charge in [0, 0.05) is 30.6 Å². The lowest BCUT2D eigenvalue weighted by Crippen LogP contribution is -2.67. The number of amides is 3. The number of hydrogen-bond acceptors (Lipinski definition) is 5. The fourth-order valence-electron chi connectivity index (χ4n) is 5.32. The first-order chi connectivity index (χ1) is 18.2. The van der Waals surface area contributed by atoms with E-state index in [0.29, 0.717) is 17.8 Å². The summed E-state index contributed by atoms with van der Waals surface area (Å²) >= 11 is 0. The van der Waals surface area contributed by atoms with Crippen molar-refractivity contribution >= 4 is 23.3 Å². The zero-order valence-corrected chi connectivity index (χ0v) is 21.9. The molecule has 0 spiro atoms. The molecule has 4 rings (SSSR count). The lowest BCUT2D eigenvalue weighted by molar-refractivity contribution is -0.149. The summed E-state index contributed by atoms with van der Waals surface area (Å²) in [7, 11) is 0. The van der Waals surface area contributed by atoms with Crippen molar-refractivity contribution in [2.75, 3.05) is 11.5 Å². The molecular formula is C30H37N5O3. The van der Waals surface area contributed by atoms with Crippen LogP contribution < -0.4 is 22.2 Å². The van der Waals surface area contributed by atoms with E-state index in [4.69, 9.17) is 11.5 Å². The number of hydrogen-bond donors (Lipinski definition) is 5. The highest BCUT2D eigenvalue weighted by Crippen LogP contribution is 2.34. The van der Waals surface area contributed by atoms with Crippen LogP contribution in [0.4, 0.5) is 16.2 Å². The Balaban J connectivity index is 1.88. The second-order valence-corrected chi connectivity index (χ2v) is 10.6. The van der Waals surface area contributed by atoms with Crippen LogP contribution in [0.5, 0.6) is 0 Å². The molecule has 3 aromatic rings. The van der Waals surface area contributed by atoms with Gasteiger partial charge >= 0.3 is 6.03 Å². The highest BCUT2D eigenvalue weighted by atomic mass is 16.3. The molecular weight excluding hydrogens is 478 g/mol. The van der Waals surface area contributed by atoms with E-state index in [9.17, 15) is 14.7 Å². The molecule has 2 unspecified atom stereocenters. The normalized spacial score (nSPS) is 18.9. The number of aliphatic hydroxyl groups is 1. The molecule has 0 radical (unpaired) electrons. The Morgan fingerprint density at radius 1 is 0.921 bits per heavy atom. The molecule has 0 bridgehead atoms. The van der Waals surface area contributed by atoms with Gasteiger partial charge in [-0.05, 0) is 53.3 Å². The average Bonchev–Trinajstić information content (AvgIpc) is 2.95. The van der Waals surface area contributed by atoms with Crippen LogP contribution in [0.3, 0.4) is 0 Å². The number of rotatable bonds is 8. The second kappa shape index (κ2) is 11.6. The highest BCUT2D eigenvalue weighted by molar-refractivity contribution is 5.83. The largest absolute Gasteiger partial charge is 0.399 e. The van der Waals surface area contributed by atoms with Crippen LogP contribution >= 0.6 is 0 Å². The molecule has 1 saturated heterocycles. The number of nitrogens with one attached hydrogen (secondary N) is 2. The fourth-order valence-corrected chi connectivity index (χ4v) is 5.32. The molecule has 8 nitrogen and oxygen atoms in total. The number of carbonyl (C=O) groups is 2. The van der Waals surface area contributed by atoms with Crippen LogP contribution in [0.2, 0.25) is 0 Å². The van der Waals surface area contributed by atoms with E-state index in [1.807, 2.05) is 80.6 Å². The molecule has 7 N–H and O–H groups in total. The van der Waals surface area contributed by atoms with E-state index in [1.165, 1.54) is 5.01 Å². The van der Waals surface area contributed by atoms with Crippen LogP contribution in [-0.4, -0.2) is 39.7 Å². The summed E-state index contributed by atoms with van der Waals surface area (Å²) in [6.07, 6.45) is -0.0417. The van der Waals surface area contributed by atoms with Crippen molar-refractivity contribution in [2.45, 2.75) is 57.2 Å². The standard InChI is InChI=1S/C30H37N5O3/c1-20(2)14-27(36)35-30(18-22-10-6-12-24(31)15-22,19-23-11-7-13-25(32)16-23)28(37)26(33-29(38)34-35)17-21-8-4-3-5-9-21/h3-13,15-16,20,26,28,37H,14,17-19,31-32H2,1-2H3,(H2,33,34,38). The molecule has 2 atom stereocenters. The van der Waals surface area contributed by atoms with Gasteiger partial charge in [-0.15, -0.1) is 0 Å². The van der Waals surface area contributed by atoms with Crippen LogP contribution in [0.1, 0.15) is 37.0 Å². The Hall–Kier alpha value is -4.04. The van der Waals surface area contributed by atoms with Gasteiger partial charge in [0.2, 0.25) is 5.91 Å². The first kappa shape index (κ1) is 27.0. The first-order valence-electron chi connectivity index (χ1n) is 13.0. The number of urea groups is 1. The number of nitrogens with two attached hydrogens (primary N) is 2. The van der Waals surface area contributed by atoms with E-state index in [-0.39, 0.29) is 31.1 Å². The monoisotopic (exact) mass is 515 g/mol. The van der Waals surface area contributed by atoms with Crippen molar-refractivity contribution < 1.29 is 14.7 Å². The van der Waals surface area contributed by atoms with Crippen molar-refractivity contribution in [3.8, 4) is 0 Å². The summed E-state index contributed by atoms with van der Waals surface area (Å²) in [6, 6.07) is 23.3. The zero-order chi connectivity index (χ0) is 27.3. The quantitative estimate of drug-likeness (QED) is 0.293. The van der Waals surface area contributed by atoms with Crippen LogP contribution in [0.25, 0.3) is 0 Å². The van der Waals surface area contributed by atoms with Gasteiger partial charge in [-0.2, -0.15) is 0 Å². The number of anilines is 2. The van der Waals surface area contributed by atoms with Crippen LogP contribution in [0.15, 0.2) is 78.9 Å². The molecule has 200 valence electrons. The van der Waals surface area contributed by atoms with E-state index >= 15 is 0 Å². The molecule has 1 aliphatic rings. The number of hydrazine groups is 1. The Labute approximate surface area is 224 Å². The second-order valence-electron chi connectivity index (χ2n) is 10.6. The molecule has 0 aliphatic carbocycles. The molecule has 1 heterocycles. The predicted molar refractivity (Wildman–Crippen MR) is 150 cm³/mol. The Morgan fingerprint density at radius 3 is 2.00 bits per heavy atom. The summed E-state index contributed by atoms with van der Waals surface area (Å²) in [6.45, 7) is 3.89. The minimum Gasteiger partial charge on any atom is -0.399 e. The molecule has 38 heavy (non-hydrogen) atoms. The highest BCUT2D eigenvalue weighted by Gasteiger charge is 2.52. The van der Waals surface area contributed by atoms with Crippen molar-refractivity contribution in [1.29, 1.82) is 0 Å². The van der Waals surface area contributed by atoms with Crippen LogP contribution in [0, 0.1) is 5.92 Å². The van der Waals surface area contributed by atoms with Crippen molar-refractivity contribution in [3.05, 3.63) is 95.6 Å². The summed E-state index contributed by atoms with van der Waals surface area (Å²) < 4.78 is 0. The van der Waals surface area contributed by atoms with E-state index in [2.05, 4.69) is 10.7 Å². The third-order valence-corrected chi connectivity index (χ3v) is 6.96. The minimum atomic E-state index is -1.24. The predicted octanol–water partition coefficient (Wildman–Crippen LogP) is 3.45. The summed E-state index contributed by atoms with van der Waals surface area (Å²) in [5.41, 5.74) is 17.6. The van der Waals surface area contributed by atoms with Gasteiger partial charge in [0.1, 0.15) is 11.6 Å². The number of carbonyl (C=O) groups excluding carboxylic acids is 2. The van der Waals surface area contributed by atoms with Crippen LogP contribution in [-0.2, 0) is 24.1 Å². The number of aliphatic hydroxyl groups excluding tert-OH is 1. The third kappa shape index (κ3) is 6.26. The number of nitrogens with zero attached hydrogens (tertiary/aromatic N) is 1. The molecule has 0 saturated carbocycles. The molecule has 8 heteroatoms. The summed E-state index contributed by atoms with van der Waals surface area (Å²) in [5, 5.41) is 16.5. The van der Waals surface area contributed by atoms with Gasteiger partial charge in [0.05, 0.1) is 6.04 Å². The van der Waals surface area contributed by atoms with E-state index in [1.54, 1.807) is 12.1 Å². The SMILES string of the molecule is CC(C)CC(=O)N1NC(=O)NC(Cc2ccccc2)C(O)C1(Cc1cccc(N)c1)Cc1cccc(N)c1. The first-order valence-corrected chi connectivity index (χ1v) is 13.0. The Morgan fingerprint density at radius 2 is 1.47 bits per heavy atom. The maximum absolute atomic E-state index is 13.8. The smallest absolute Gasteiger partial charge is 0.334 e. The third-order valence-electron chi connectivity index (χ3n) is 6.96. The topological polar surface area (TPSA) is 134 Å². The maximum atomic E-state index is 13.8. The van der Waals surface area contributed by atoms with Gasteiger partial charge in [-0.3, -0.25) is 4.79 Å². The molecule has 3 amide bonds. The lowest BCUT2D eigenvalue weighted by Gasteiger charge is -2.46. The van der Waals surface area contributed by atoms with E-state index < -0.39 is 23.7 Å². The summed E-state index contributed by atoms with van der Waals surface area (Å²) in [5.74, 6) is -0.229. The van der Waals surface area contributed by atoms with Gasteiger partial charge < -0.3 is 21.9 Å². The van der Waals surface area contributed by atoms with E-state index in [0.717, 1.165) is 16.7 Å². The van der Waals surface area contributed by atoms with Crippen molar-refractivity contribution in [1.82, 2.24) is 15.8 Å². The summed E-state index contributed by atoms with van der Waals surface area (Å²) in [4.78, 5) is 26.9. The fraction of sp³-hybridized carbons (Fsp3) is 0.333. The maximum Gasteiger partial charge on any atom is 0.334 e.